The molecule has 2 rings (SSSR count). The summed E-state index contributed by atoms with van der Waals surface area (Å²) in [5, 5.41) is 0. The fraction of sp³-hybridized carbons (Fsp3) is 0.500. The summed E-state index contributed by atoms with van der Waals surface area (Å²) in [5.74, 6) is 0.559. The molecule has 4 nitrogen and oxygen atoms in total. The van der Waals surface area contributed by atoms with Crippen LogP contribution in [0.3, 0.4) is 0 Å². The molecule has 92 valence electrons. The summed E-state index contributed by atoms with van der Waals surface area (Å²) in [6.45, 7) is 3.25. The Morgan fingerprint density at radius 2 is 2.47 bits per heavy atom. The summed E-state index contributed by atoms with van der Waals surface area (Å²) < 4.78 is 11.1. The summed E-state index contributed by atoms with van der Waals surface area (Å²) >= 11 is 4.94. The quantitative estimate of drug-likeness (QED) is 0.825. The number of ether oxygens (including phenoxy) is 2. The molecule has 0 radical (unpaired) electrons. The zero-order chi connectivity index (χ0) is 12.3. The van der Waals surface area contributed by atoms with Crippen molar-refractivity contribution in [1.29, 1.82) is 0 Å². The maximum atomic E-state index is 5.61. The number of aromatic nitrogens is 1. The molecule has 1 atom stereocenters. The van der Waals surface area contributed by atoms with Crippen LogP contribution >= 0.6 is 12.2 Å². The molecule has 17 heavy (non-hydrogen) atoms. The molecule has 1 saturated heterocycles. The molecule has 1 fully saturated rings. The van der Waals surface area contributed by atoms with E-state index in [0.29, 0.717) is 17.5 Å². The normalized spacial score (nSPS) is 19.2. The second kappa shape index (κ2) is 5.42. The number of hydrogen-bond acceptors (Lipinski definition) is 4. The van der Waals surface area contributed by atoms with Crippen LogP contribution in [0.5, 0.6) is 5.88 Å². The first-order valence-electron chi connectivity index (χ1n) is 5.68. The number of aryl methyl sites for hydroxylation is 1. The average molecular weight is 252 g/mol. The van der Waals surface area contributed by atoms with E-state index >= 15 is 0 Å². The molecule has 0 spiro atoms. The van der Waals surface area contributed by atoms with E-state index < -0.39 is 0 Å². The first-order valence-corrected chi connectivity index (χ1v) is 6.09. The van der Waals surface area contributed by atoms with Gasteiger partial charge in [0, 0.05) is 23.9 Å². The Bertz CT molecular complexity index is 417. The number of rotatable bonds is 4. The van der Waals surface area contributed by atoms with Crippen molar-refractivity contribution in [3.63, 3.8) is 0 Å². The molecule has 1 unspecified atom stereocenters. The van der Waals surface area contributed by atoms with Crippen molar-refractivity contribution in [2.75, 3.05) is 13.2 Å². The van der Waals surface area contributed by atoms with Crippen LogP contribution in [0, 0.1) is 6.92 Å². The third-order valence-corrected chi connectivity index (χ3v) is 2.89. The zero-order valence-electron chi connectivity index (χ0n) is 9.81. The highest BCUT2D eigenvalue weighted by Gasteiger charge is 2.16. The van der Waals surface area contributed by atoms with Crippen molar-refractivity contribution in [1.82, 2.24) is 4.98 Å². The lowest BCUT2D eigenvalue weighted by atomic mass is 10.2. The Balaban J connectivity index is 2.01. The lowest BCUT2D eigenvalue weighted by Gasteiger charge is -2.12. The molecule has 0 amide bonds. The first-order chi connectivity index (χ1) is 8.15. The predicted octanol–water partition coefficient (Wildman–Crippen LogP) is 1.58. The first kappa shape index (κ1) is 12.3. The number of nitrogens with zero attached hydrogens (tertiary/aromatic N) is 1. The van der Waals surface area contributed by atoms with Crippen molar-refractivity contribution in [2.45, 2.75) is 25.9 Å². The van der Waals surface area contributed by atoms with Crippen LogP contribution in [0.4, 0.5) is 0 Å². The van der Waals surface area contributed by atoms with Gasteiger partial charge in [-0.05, 0) is 25.8 Å². The van der Waals surface area contributed by atoms with E-state index in [2.05, 4.69) is 4.98 Å². The Kier molecular flexibility index (Phi) is 3.91. The number of nitrogens with two attached hydrogens (primary N) is 1. The fourth-order valence-corrected chi connectivity index (χ4v) is 1.93. The SMILES string of the molecule is Cc1cc(C(N)=S)cc(OCC2CCCO2)n1. The van der Waals surface area contributed by atoms with Crippen molar-refractivity contribution in [2.24, 2.45) is 5.73 Å². The minimum Gasteiger partial charge on any atom is -0.475 e. The van der Waals surface area contributed by atoms with E-state index in [1.165, 1.54) is 0 Å². The summed E-state index contributed by atoms with van der Waals surface area (Å²) in [7, 11) is 0. The maximum absolute atomic E-state index is 5.61. The lowest BCUT2D eigenvalue weighted by molar-refractivity contribution is 0.0663. The van der Waals surface area contributed by atoms with Gasteiger partial charge < -0.3 is 15.2 Å². The average Bonchev–Trinajstić information content (AvgIpc) is 2.78. The smallest absolute Gasteiger partial charge is 0.214 e. The number of hydrogen-bond donors (Lipinski definition) is 1. The second-order valence-corrected chi connectivity index (χ2v) is 4.59. The van der Waals surface area contributed by atoms with E-state index in [0.717, 1.165) is 30.7 Å². The molecule has 1 aromatic heterocycles. The highest BCUT2D eigenvalue weighted by atomic mass is 32.1. The molecule has 1 aromatic rings. The van der Waals surface area contributed by atoms with Gasteiger partial charge in [0.25, 0.3) is 0 Å². The van der Waals surface area contributed by atoms with Gasteiger partial charge in [0.15, 0.2) is 0 Å². The molecule has 5 heteroatoms. The number of pyridine rings is 1. The van der Waals surface area contributed by atoms with Gasteiger partial charge >= 0.3 is 0 Å². The molecule has 0 bridgehead atoms. The molecule has 0 saturated carbocycles. The van der Waals surface area contributed by atoms with Crippen molar-refractivity contribution in [3.05, 3.63) is 23.4 Å². The van der Waals surface area contributed by atoms with Crippen LogP contribution in [0.1, 0.15) is 24.1 Å². The largest absolute Gasteiger partial charge is 0.475 e. The van der Waals surface area contributed by atoms with Gasteiger partial charge in [-0.1, -0.05) is 12.2 Å². The van der Waals surface area contributed by atoms with E-state index in [1.807, 2.05) is 13.0 Å². The highest BCUT2D eigenvalue weighted by Crippen LogP contribution is 2.16. The van der Waals surface area contributed by atoms with Crippen LogP contribution in [0.25, 0.3) is 0 Å². The third kappa shape index (κ3) is 3.38. The maximum Gasteiger partial charge on any atom is 0.214 e. The lowest BCUT2D eigenvalue weighted by Crippen LogP contribution is -2.17. The summed E-state index contributed by atoms with van der Waals surface area (Å²) in [6, 6.07) is 3.62. The third-order valence-electron chi connectivity index (χ3n) is 2.66. The van der Waals surface area contributed by atoms with Gasteiger partial charge in [0.05, 0.1) is 6.10 Å². The Hall–Kier alpha value is -1.20. The molecule has 1 aliphatic rings. The van der Waals surface area contributed by atoms with Gasteiger partial charge in [0.2, 0.25) is 5.88 Å². The molecule has 2 heterocycles. The molecular weight excluding hydrogens is 236 g/mol. The van der Waals surface area contributed by atoms with Crippen molar-refractivity contribution < 1.29 is 9.47 Å². The summed E-state index contributed by atoms with van der Waals surface area (Å²) in [6.07, 6.45) is 2.34. The fourth-order valence-electron chi connectivity index (χ4n) is 1.81. The van der Waals surface area contributed by atoms with Gasteiger partial charge in [0.1, 0.15) is 11.6 Å². The highest BCUT2D eigenvalue weighted by molar-refractivity contribution is 7.80. The number of thiocarbonyl (C=S) groups is 1. The van der Waals surface area contributed by atoms with E-state index in [-0.39, 0.29) is 6.10 Å². The van der Waals surface area contributed by atoms with Gasteiger partial charge in [-0.3, -0.25) is 0 Å². The van der Waals surface area contributed by atoms with Crippen LogP contribution in [-0.2, 0) is 4.74 Å². The predicted molar refractivity (Wildman–Crippen MR) is 69.3 cm³/mol. The van der Waals surface area contributed by atoms with Crippen molar-refractivity contribution >= 4 is 17.2 Å². The Morgan fingerprint density at radius 3 is 3.12 bits per heavy atom. The van der Waals surface area contributed by atoms with Gasteiger partial charge in [-0.2, -0.15) is 0 Å². The summed E-state index contributed by atoms with van der Waals surface area (Å²) in [5.41, 5.74) is 7.23. The van der Waals surface area contributed by atoms with Crippen LogP contribution < -0.4 is 10.5 Å². The molecular formula is C12H16N2O2S. The summed E-state index contributed by atoms with van der Waals surface area (Å²) in [4.78, 5) is 4.64. The topological polar surface area (TPSA) is 57.4 Å². The minimum absolute atomic E-state index is 0.186. The van der Waals surface area contributed by atoms with E-state index in [9.17, 15) is 0 Å². The second-order valence-electron chi connectivity index (χ2n) is 4.15. The van der Waals surface area contributed by atoms with Crippen LogP contribution in [0.15, 0.2) is 12.1 Å². The van der Waals surface area contributed by atoms with Gasteiger partial charge in [-0.25, -0.2) is 4.98 Å². The molecule has 2 N–H and O–H groups in total. The zero-order valence-corrected chi connectivity index (χ0v) is 10.6. The van der Waals surface area contributed by atoms with Crippen LogP contribution in [0.2, 0.25) is 0 Å². The minimum atomic E-state index is 0.186. The standard InChI is InChI=1S/C12H16N2O2S/c1-8-5-9(12(13)17)6-11(14-8)16-7-10-3-2-4-15-10/h5-6,10H,2-4,7H2,1H3,(H2,13,17). The Labute approximate surface area is 106 Å². The monoisotopic (exact) mass is 252 g/mol. The molecule has 0 aromatic carbocycles. The van der Waals surface area contributed by atoms with Gasteiger partial charge in [-0.15, -0.1) is 0 Å². The van der Waals surface area contributed by atoms with E-state index in [4.69, 9.17) is 27.4 Å². The Morgan fingerprint density at radius 1 is 1.65 bits per heavy atom. The van der Waals surface area contributed by atoms with Crippen LogP contribution in [-0.4, -0.2) is 29.3 Å². The van der Waals surface area contributed by atoms with Crippen molar-refractivity contribution in [3.8, 4) is 5.88 Å². The molecule has 0 aliphatic carbocycles. The van der Waals surface area contributed by atoms with E-state index in [1.54, 1.807) is 6.07 Å². The molecule has 1 aliphatic heterocycles.